The fraction of sp³-hybridized carbons (Fsp3) is 0.250. The van der Waals surface area contributed by atoms with E-state index in [-0.39, 0.29) is 0 Å². The second-order valence-electron chi connectivity index (χ2n) is 1.93. The van der Waals surface area contributed by atoms with Gasteiger partial charge in [-0.2, -0.15) is 0 Å². The lowest BCUT2D eigenvalue weighted by Gasteiger charge is -1.96. The molecule has 10 heavy (non-hydrogen) atoms. The molecule has 2 heteroatoms. The smallest absolute Gasteiger partial charge is 0.116 e. The van der Waals surface area contributed by atoms with E-state index in [2.05, 4.69) is 6.92 Å². The third kappa shape index (κ3) is 1.95. The van der Waals surface area contributed by atoms with Crippen molar-refractivity contribution < 1.29 is 5.11 Å². The van der Waals surface area contributed by atoms with Crippen molar-refractivity contribution in [2.24, 2.45) is 0 Å². The summed E-state index contributed by atoms with van der Waals surface area (Å²) in [7, 11) is 0. The van der Waals surface area contributed by atoms with Gasteiger partial charge in [0.15, 0.2) is 0 Å². The minimum absolute atomic E-state index is 0.346. The van der Waals surface area contributed by atoms with Crippen molar-refractivity contribution in [3.63, 3.8) is 0 Å². The molecule has 0 spiro atoms. The Bertz CT molecular complexity index is 210. The second-order valence-corrected chi connectivity index (χ2v) is 3.27. The van der Waals surface area contributed by atoms with Crippen LogP contribution in [-0.2, 0) is 0 Å². The Morgan fingerprint density at radius 1 is 1.50 bits per heavy atom. The summed E-state index contributed by atoms with van der Waals surface area (Å²) in [5.74, 6) is 1.39. The van der Waals surface area contributed by atoms with Crippen LogP contribution in [0, 0.1) is 0 Å². The van der Waals surface area contributed by atoms with Gasteiger partial charge < -0.3 is 5.11 Å². The predicted octanol–water partition coefficient (Wildman–Crippen LogP) is 2.50. The molecule has 54 valence electrons. The normalized spacial score (nSPS) is 9.70. The van der Waals surface area contributed by atoms with Gasteiger partial charge in [-0.05, 0) is 24.0 Å². The molecule has 0 saturated carbocycles. The Kier molecular flexibility index (Phi) is 2.63. The predicted molar refractivity (Wildman–Crippen MR) is 44.5 cm³/mol. The highest BCUT2D eigenvalue weighted by atomic mass is 32.2. The fourth-order valence-electron chi connectivity index (χ4n) is 0.740. The molecule has 0 aliphatic carbocycles. The average Bonchev–Trinajstić information content (AvgIpc) is 1.88. The highest BCUT2D eigenvalue weighted by molar-refractivity contribution is 7.99. The SMILES string of the molecule is CCSc1cccc(O)c1. The van der Waals surface area contributed by atoms with Gasteiger partial charge in [0.05, 0.1) is 0 Å². The van der Waals surface area contributed by atoms with Crippen LogP contribution in [0.15, 0.2) is 29.2 Å². The summed E-state index contributed by atoms with van der Waals surface area (Å²) in [6.45, 7) is 2.09. The van der Waals surface area contributed by atoms with E-state index >= 15 is 0 Å². The van der Waals surface area contributed by atoms with E-state index in [0.717, 1.165) is 10.6 Å². The number of rotatable bonds is 2. The van der Waals surface area contributed by atoms with Gasteiger partial charge in [0.1, 0.15) is 5.75 Å². The summed E-state index contributed by atoms with van der Waals surface area (Å²) >= 11 is 1.73. The van der Waals surface area contributed by atoms with E-state index in [9.17, 15) is 0 Å². The number of phenolic OH excluding ortho intramolecular Hbond substituents is 1. The first-order valence-corrected chi connectivity index (χ1v) is 4.23. The van der Waals surface area contributed by atoms with Crippen LogP contribution in [-0.4, -0.2) is 10.9 Å². The molecular weight excluding hydrogens is 144 g/mol. The van der Waals surface area contributed by atoms with Crippen LogP contribution in [0.5, 0.6) is 5.75 Å². The Hall–Kier alpha value is -0.630. The Balaban J connectivity index is 2.75. The molecule has 0 atom stereocenters. The number of hydrogen-bond donors (Lipinski definition) is 1. The van der Waals surface area contributed by atoms with E-state index in [1.54, 1.807) is 23.9 Å². The van der Waals surface area contributed by atoms with Gasteiger partial charge in [-0.15, -0.1) is 11.8 Å². The molecule has 1 nitrogen and oxygen atoms in total. The summed E-state index contributed by atoms with van der Waals surface area (Å²) in [6, 6.07) is 7.30. The first-order valence-electron chi connectivity index (χ1n) is 3.24. The van der Waals surface area contributed by atoms with Crippen LogP contribution in [0.4, 0.5) is 0 Å². The number of hydrogen-bond acceptors (Lipinski definition) is 2. The minimum atomic E-state index is 0.346. The molecule has 0 fully saturated rings. The van der Waals surface area contributed by atoms with Crippen molar-refractivity contribution in [1.29, 1.82) is 0 Å². The molecule has 0 aromatic heterocycles. The number of benzene rings is 1. The fourth-order valence-corrected chi connectivity index (χ4v) is 1.45. The Labute approximate surface area is 65.1 Å². The molecule has 0 unspecified atom stereocenters. The first-order chi connectivity index (χ1) is 4.83. The van der Waals surface area contributed by atoms with E-state index < -0.39 is 0 Å². The largest absolute Gasteiger partial charge is 0.508 e. The molecular formula is C8H10OS. The highest BCUT2D eigenvalue weighted by Gasteiger charge is 1.91. The summed E-state index contributed by atoms with van der Waals surface area (Å²) in [5.41, 5.74) is 0. The standard InChI is InChI=1S/C8H10OS/c1-2-10-8-5-3-4-7(9)6-8/h3-6,9H,2H2,1H3. The quantitative estimate of drug-likeness (QED) is 0.660. The summed E-state index contributed by atoms with van der Waals surface area (Å²) in [4.78, 5) is 1.13. The molecule has 0 aliphatic heterocycles. The maximum absolute atomic E-state index is 9.03. The molecule has 0 bridgehead atoms. The van der Waals surface area contributed by atoms with Gasteiger partial charge in [-0.1, -0.05) is 13.0 Å². The zero-order valence-corrected chi connectivity index (χ0v) is 6.69. The van der Waals surface area contributed by atoms with Crippen molar-refractivity contribution in [1.82, 2.24) is 0 Å². The molecule has 1 aromatic rings. The maximum Gasteiger partial charge on any atom is 0.116 e. The van der Waals surface area contributed by atoms with E-state index in [0.29, 0.717) is 5.75 Å². The molecule has 1 rings (SSSR count). The monoisotopic (exact) mass is 154 g/mol. The lowest BCUT2D eigenvalue weighted by molar-refractivity contribution is 0.474. The van der Waals surface area contributed by atoms with Crippen molar-refractivity contribution in [3.8, 4) is 5.75 Å². The average molecular weight is 154 g/mol. The van der Waals surface area contributed by atoms with E-state index in [4.69, 9.17) is 5.11 Å². The Morgan fingerprint density at radius 2 is 2.30 bits per heavy atom. The zero-order valence-electron chi connectivity index (χ0n) is 5.87. The van der Waals surface area contributed by atoms with Crippen molar-refractivity contribution in [2.75, 3.05) is 5.75 Å². The molecule has 0 heterocycles. The van der Waals surface area contributed by atoms with Crippen molar-refractivity contribution in [2.45, 2.75) is 11.8 Å². The second kappa shape index (κ2) is 3.52. The molecule has 1 aromatic carbocycles. The van der Waals surface area contributed by atoms with Crippen LogP contribution < -0.4 is 0 Å². The number of aromatic hydroxyl groups is 1. The van der Waals surface area contributed by atoms with Gasteiger partial charge in [0.25, 0.3) is 0 Å². The summed E-state index contributed by atoms with van der Waals surface area (Å²) in [6.07, 6.45) is 0. The van der Waals surface area contributed by atoms with E-state index in [1.807, 2.05) is 12.1 Å². The van der Waals surface area contributed by atoms with Crippen LogP contribution in [0.25, 0.3) is 0 Å². The molecule has 1 N–H and O–H groups in total. The zero-order chi connectivity index (χ0) is 7.40. The molecule has 0 radical (unpaired) electrons. The summed E-state index contributed by atoms with van der Waals surface area (Å²) in [5, 5.41) is 9.03. The van der Waals surface area contributed by atoms with Crippen LogP contribution in [0.1, 0.15) is 6.92 Å². The summed E-state index contributed by atoms with van der Waals surface area (Å²) < 4.78 is 0. The van der Waals surface area contributed by atoms with E-state index in [1.165, 1.54) is 0 Å². The maximum atomic E-state index is 9.03. The minimum Gasteiger partial charge on any atom is -0.508 e. The van der Waals surface area contributed by atoms with Gasteiger partial charge in [0.2, 0.25) is 0 Å². The van der Waals surface area contributed by atoms with Crippen LogP contribution in [0.3, 0.4) is 0 Å². The van der Waals surface area contributed by atoms with Gasteiger partial charge in [-0.25, -0.2) is 0 Å². The first kappa shape index (κ1) is 7.48. The molecule has 0 aliphatic rings. The lowest BCUT2D eigenvalue weighted by Crippen LogP contribution is -1.70. The molecule has 0 amide bonds. The number of phenols is 1. The number of thioether (sulfide) groups is 1. The third-order valence-corrected chi connectivity index (χ3v) is 2.00. The van der Waals surface area contributed by atoms with Crippen molar-refractivity contribution in [3.05, 3.63) is 24.3 Å². The molecule has 0 saturated heterocycles. The van der Waals surface area contributed by atoms with Gasteiger partial charge >= 0.3 is 0 Å². The van der Waals surface area contributed by atoms with Crippen molar-refractivity contribution >= 4 is 11.8 Å². The van der Waals surface area contributed by atoms with Gasteiger partial charge in [-0.3, -0.25) is 0 Å². The Morgan fingerprint density at radius 3 is 2.90 bits per heavy atom. The van der Waals surface area contributed by atoms with Crippen LogP contribution >= 0.6 is 11.8 Å². The van der Waals surface area contributed by atoms with Gasteiger partial charge in [0, 0.05) is 4.90 Å². The highest BCUT2D eigenvalue weighted by Crippen LogP contribution is 2.21. The third-order valence-electron chi connectivity index (χ3n) is 1.13. The lowest BCUT2D eigenvalue weighted by atomic mass is 10.3. The van der Waals surface area contributed by atoms with Crippen LogP contribution in [0.2, 0.25) is 0 Å². The topological polar surface area (TPSA) is 20.2 Å².